The highest BCUT2D eigenvalue weighted by molar-refractivity contribution is 8.13. The molecule has 0 N–H and O–H groups in total. The first-order chi connectivity index (χ1) is 9.41. The van der Waals surface area contributed by atoms with E-state index in [1.54, 1.807) is 17.0 Å². The van der Waals surface area contributed by atoms with Crippen molar-refractivity contribution in [3.63, 3.8) is 0 Å². The van der Waals surface area contributed by atoms with Crippen LogP contribution >= 0.6 is 10.7 Å². The highest BCUT2D eigenvalue weighted by Crippen LogP contribution is 2.27. The first kappa shape index (κ1) is 15.3. The molecule has 1 fully saturated rings. The molecule has 1 aromatic carbocycles. The zero-order chi connectivity index (χ0) is 14.8. The Balaban J connectivity index is 2.18. The highest BCUT2D eigenvalue weighted by atomic mass is 35.7. The van der Waals surface area contributed by atoms with Crippen LogP contribution in [0.3, 0.4) is 0 Å². The molecule has 0 atom stereocenters. The van der Waals surface area contributed by atoms with Gasteiger partial charge in [-0.25, -0.2) is 8.42 Å². The van der Waals surface area contributed by atoms with Crippen LogP contribution in [0.1, 0.15) is 36.5 Å². The summed E-state index contributed by atoms with van der Waals surface area (Å²) < 4.78 is 22.6. The third-order valence-electron chi connectivity index (χ3n) is 3.73. The van der Waals surface area contributed by atoms with E-state index in [1.165, 1.54) is 31.4 Å². The van der Waals surface area contributed by atoms with Crippen LogP contribution in [0, 0.1) is 5.92 Å². The van der Waals surface area contributed by atoms with Gasteiger partial charge < -0.3 is 4.90 Å². The van der Waals surface area contributed by atoms with Crippen molar-refractivity contribution in [3.05, 3.63) is 29.8 Å². The maximum atomic E-state index is 12.4. The smallest absolute Gasteiger partial charge is 0.261 e. The first-order valence-corrected chi connectivity index (χ1v) is 9.06. The van der Waals surface area contributed by atoms with Crippen molar-refractivity contribution in [2.45, 2.75) is 31.1 Å². The van der Waals surface area contributed by atoms with Crippen LogP contribution in [0.15, 0.2) is 29.2 Å². The van der Waals surface area contributed by atoms with Gasteiger partial charge in [0.15, 0.2) is 0 Å². The lowest BCUT2D eigenvalue weighted by Crippen LogP contribution is -2.37. The van der Waals surface area contributed by atoms with E-state index in [1.807, 2.05) is 6.92 Å². The Morgan fingerprint density at radius 2 is 2.10 bits per heavy atom. The standard InChI is InChI=1S/C14H18ClNO3S/c1-2-16(10-11-5-3-6-11)14(17)12-7-4-8-13(9-12)20(15,18)19/h4,7-9,11H,2-3,5-6,10H2,1H3. The summed E-state index contributed by atoms with van der Waals surface area (Å²) in [5, 5.41) is 0. The number of rotatable bonds is 5. The van der Waals surface area contributed by atoms with Crippen molar-refractivity contribution in [2.75, 3.05) is 13.1 Å². The summed E-state index contributed by atoms with van der Waals surface area (Å²) in [5.74, 6) is 0.445. The topological polar surface area (TPSA) is 54.5 Å². The third kappa shape index (κ3) is 3.52. The van der Waals surface area contributed by atoms with E-state index in [-0.39, 0.29) is 10.8 Å². The molecule has 0 spiro atoms. The number of carbonyl (C=O) groups is 1. The number of benzene rings is 1. The molecule has 6 heteroatoms. The third-order valence-corrected chi connectivity index (χ3v) is 5.09. The molecule has 20 heavy (non-hydrogen) atoms. The van der Waals surface area contributed by atoms with E-state index in [2.05, 4.69) is 0 Å². The summed E-state index contributed by atoms with van der Waals surface area (Å²) in [7, 11) is 1.51. The van der Waals surface area contributed by atoms with Crippen molar-refractivity contribution < 1.29 is 13.2 Å². The average Bonchev–Trinajstić information content (AvgIpc) is 2.36. The lowest BCUT2D eigenvalue weighted by molar-refractivity contribution is 0.0706. The van der Waals surface area contributed by atoms with Crippen LogP contribution in [0.5, 0.6) is 0 Å². The zero-order valence-electron chi connectivity index (χ0n) is 11.4. The number of amides is 1. The SMILES string of the molecule is CCN(CC1CCC1)C(=O)c1cccc(S(=O)(=O)Cl)c1. The Morgan fingerprint density at radius 3 is 2.60 bits per heavy atom. The zero-order valence-corrected chi connectivity index (χ0v) is 13.0. The molecule has 1 amide bonds. The molecule has 0 saturated heterocycles. The molecule has 1 saturated carbocycles. The number of hydrogen-bond donors (Lipinski definition) is 0. The monoisotopic (exact) mass is 315 g/mol. The fraction of sp³-hybridized carbons (Fsp3) is 0.500. The molecule has 0 bridgehead atoms. The van der Waals surface area contributed by atoms with Crippen molar-refractivity contribution in [1.82, 2.24) is 4.90 Å². The molecule has 1 aromatic rings. The summed E-state index contributed by atoms with van der Waals surface area (Å²) in [6, 6.07) is 5.90. The Morgan fingerprint density at radius 1 is 1.40 bits per heavy atom. The van der Waals surface area contributed by atoms with Crippen LogP contribution in [-0.4, -0.2) is 32.3 Å². The molecule has 4 nitrogen and oxygen atoms in total. The number of hydrogen-bond acceptors (Lipinski definition) is 3. The predicted molar refractivity (Wildman–Crippen MR) is 78.4 cm³/mol. The summed E-state index contributed by atoms with van der Waals surface area (Å²) >= 11 is 0. The Bertz CT molecular complexity index is 596. The fourth-order valence-corrected chi connectivity index (χ4v) is 3.10. The van der Waals surface area contributed by atoms with Crippen LogP contribution in [0.4, 0.5) is 0 Å². The lowest BCUT2D eigenvalue weighted by atomic mass is 9.85. The van der Waals surface area contributed by atoms with Gasteiger partial charge in [0.2, 0.25) is 0 Å². The van der Waals surface area contributed by atoms with Gasteiger partial charge in [-0.1, -0.05) is 12.5 Å². The van der Waals surface area contributed by atoms with Crippen LogP contribution < -0.4 is 0 Å². The molecular weight excluding hydrogens is 298 g/mol. The molecule has 110 valence electrons. The molecular formula is C14H18ClNO3S. The number of halogens is 1. The van der Waals surface area contributed by atoms with E-state index >= 15 is 0 Å². The van der Waals surface area contributed by atoms with Crippen LogP contribution in [0.25, 0.3) is 0 Å². The minimum atomic E-state index is -3.81. The maximum absolute atomic E-state index is 12.4. The summed E-state index contributed by atoms with van der Waals surface area (Å²) in [6.45, 7) is 3.29. The van der Waals surface area contributed by atoms with Crippen LogP contribution in [-0.2, 0) is 9.05 Å². The molecule has 1 aliphatic rings. The molecule has 1 aliphatic carbocycles. The summed E-state index contributed by atoms with van der Waals surface area (Å²) in [6.07, 6.45) is 3.57. The lowest BCUT2D eigenvalue weighted by Gasteiger charge is -2.31. The van der Waals surface area contributed by atoms with E-state index < -0.39 is 9.05 Å². The van der Waals surface area contributed by atoms with E-state index in [0.717, 1.165) is 6.54 Å². The Labute approximate surface area is 124 Å². The molecule has 2 rings (SSSR count). The minimum Gasteiger partial charge on any atom is -0.339 e. The molecule has 0 radical (unpaired) electrons. The number of carbonyl (C=O) groups excluding carboxylic acids is 1. The van der Waals surface area contributed by atoms with Gasteiger partial charge in [-0.2, -0.15) is 0 Å². The van der Waals surface area contributed by atoms with E-state index in [9.17, 15) is 13.2 Å². The largest absolute Gasteiger partial charge is 0.339 e. The second kappa shape index (κ2) is 6.14. The Hall–Kier alpha value is -1.07. The van der Waals surface area contributed by atoms with Gasteiger partial charge in [0.25, 0.3) is 15.0 Å². The van der Waals surface area contributed by atoms with Crippen molar-refractivity contribution >= 4 is 25.6 Å². The van der Waals surface area contributed by atoms with Gasteiger partial charge in [-0.05, 0) is 43.9 Å². The van der Waals surface area contributed by atoms with E-state index in [0.29, 0.717) is 18.0 Å². The highest BCUT2D eigenvalue weighted by Gasteiger charge is 2.24. The van der Waals surface area contributed by atoms with Gasteiger partial charge in [-0.3, -0.25) is 4.79 Å². The molecule has 0 aliphatic heterocycles. The molecule has 0 unspecified atom stereocenters. The average molecular weight is 316 g/mol. The van der Waals surface area contributed by atoms with Crippen molar-refractivity contribution in [2.24, 2.45) is 5.92 Å². The quantitative estimate of drug-likeness (QED) is 0.785. The first-order valence-electron chi connectivity index (χ1n) is 6.76. The summed E-state index contributed by atoms with van der Waals surface area (Å²) in [5.41, 5.74) is 0.368. The predicted octanol–water partition coefficient (Wildman–Crippen LogP) is 2.88. The van der Waals surface area contributed by atoms with Crippen molar-refractivity contribution in [3.8, 4) is 0 Å². The molecule has 0 aromatic heterocycles. The maximum Gasteiger partial charge on any atom is 0.261 e. The second-order valence-corrected chi connectivity index (χ2v) is 7.67. The normalized spacial score (nSPS) is 15.7. The van der Waals surface area contributed by atoms with Crippen molar-refractivity contribution in [1.29, 1.82) is 0 Å². The fourth-order valence-electron chi connectivity index (χ4n) is 2.31. The van der Waals surface area contributed by atoms with Gasteiger partial charge in [-0.15, -0.1) is 0 Å². The van der Waals surface area contributed by atoms with E-state index in [4.69, 9.17) is 10.7 Å². The number of nitrogens with zero attached hydrogens (tertiary/aromatic N) is 1. The van der Waals surface area contributed by atoms with Gasteiger partial charge in [0.05, 0.1) is 4.90 Å². The summed E-state index contributed by atoms with van der Waals surface area (Å²) in [4.78, 5) is 14.1. The minimum absolute atomic E-state index is 0.0373. The Kier molecular flexibility index (Phi) is 4.70. The molecule has 0 heterocycles. The second-order valence-electron chi connectivity index (χ2n) is 5.11. The van der Waals surface area contributed by atoms with Gasteiger partial charge in [0.1, 0.15) is 0 Å². The van der Waals surface area contributed by atoms with Crippen LogP contribution in [0.2, 0.25) is 0 Å². The van der Waals surface area contributed by atoms with Gasteiger partial charge in [0, 0.05) is 29.3 Å². The van der Waals surface area contributed by atoms with Gasteiger partial charge >= 0.3 is 0 Å².